The highest BCUT2D eigenvalue weighted by molar-refractivity contribution is 6.35. The molecule has 0 aliphatic rings. The molecule has 0 aliphatic heterocycles. The number of hydrogen-bond acceptors (Lipinski definition) is 2. The topological polar surface area (TPSA) is 27.1 Å². The fraction of sp³-hybridized carbons (Fsp3) is 0.286. The minimum atomic E-state index is -0.386. The molecule has 6 heteroatoms. The van der Waals surface area contributed by atoms with Gasteiger partial charge in [-0.3, -0.25) is 0 Å². The highest BCUT2D eigenvalue weighted by Gasteiger charge is 2.26. The normalized spacial score (nSPS) is 13.5. The number of hydrogen-bond donors (Lipinski definition) is 0. The molecule has 0 saturated heterocycles. The molecule has 0 spiro atoms. The summed E-state index contributed by atoms with van der Waals surface area (Å²) in [6, 6.07) is 13.3. The van der Waals surface area contributed by atoms with Gasteiger partial charge in [0.25, 0.3) is 0 Å². The number of aromatic nitrogens is 2. The van der Waals surface area contributed by atoms with E-state index in [-0.39, 0.29) is 5.60 Å². The van der Waals surface area contributed by atoms with Crippen LogP contribution in [0.2, 0.25) is 15.1 Å². The van der Waals surface area contributed by atoms with Gasteiger partial charge in [-0.2, -0.15) is 0 Å². The van der Waals surface area contributed by atoms with Crippen molar-refractivity contribution >= 4 is 34.8 Å². The van der Waals surface area contributed by atoms with Gasteiger partial charge < -0.3 is 9.30 Å². The Kier molecular flexibility index (Phi) is 6.83. The van der Waals surface area contributed by atoms with Gasteiger partial charge in [0, 0.05) is 27.5 Å². The Morgan fingerprint density at radius 1 is 1.04 bits per heavy atom. The minimum Gasteiger partial charge on any atom is -0.369 e. The van der Waals surface area contributed by atoms with E-state index in [0.717, 1.165) is 29.0 Å². The van der Waals surface area contributed by atoms with Gasteiger partial charge in [0.05, 0.1) is 25.1 Å². The van der Waals surface area contributed by atoms with Crippen LogP contribution in [0.25, 0.3) is 0 Å². The summed E-state index contributed by atoms with van der Waals surface area (Å²) in [5.41, 5.74) is 1.76. The fourth-order valence-corrected chi connectivity index (χ4v) is 3.55. The van der Waals surface area contributed by atoms with Crippen molar-refractivity contribution in [3.05, 3.63) is 87.4 Å². The number of rotatable bonds is 8. The SMILES string of the molecule is CC(CCc1ccc(Cl)cc1Cl)(Cn1ccnc1)OCc1ccc(Cl)cc1. The molecule has 1 heterocycles. The van der Waals surface area contributed by atoms with E-state index in [1.54, 1.807) is 18.6 Å². The second-order valence-electron chi connectivity index (χ2n) is 6.84. The number of halogens is 3. The third kappa shape index (κ3) is 5.98. The molecule has 0 amide bonds. The number of aryl methyl sites for hydroxylation is 1. The maximum absolute atomic E-state index is 6.35. The van der Waals surface area contributed by atoms with Crippen molar-refractivity contribution in [2.75, 3.05) is 0 Å². The zero-order valence-corrected chi connectivity index (χ0v) is 17.3. The number of nitrogens with zero attached hydrogens (tertiary/aromatic N) is 2. The Morgan fingerprint density at radius 3 is 2.44 bits per heavy atom. The van der Waals surface area contributed by atoms with Gasteiger partial charge in [0.15, 0.2) is 0 Å². The van der Waals surface area contributed by atoms with Gasteiger partial charge in [-0.05, 0) is 55.2 Å². The molecule has 3 nitrogen and oxygen atoms in total. The van der Waals surface area contributed by atoms with Crippen molar-refractivity contribution in [3.63, 3.8) is 0 Å². The highest BCUT2D eigenvalue weighted by atomic mass is 35.5. The largest absolute Gasteiger partial charge is 0.369 e. The molecule has 1 atom stereocenters. The van der Waals surface area contributed by atoms with Crippen LogP contribution in [0.3, 0.4) is 0 Å². The van der Waals surface area contributed by atoms with E-state index in [1.165, 1.54) is 0 Å². The summed E-state index contributed by atoms with van der Waals surface area (Å²) < 4.78 is 8.39. The molecule has 1 aromatic heterocycles. The number of benzene rings is 2. The summed E-state index contributed by atoms with van der Waals surface area (Å²) in [5, 5.41) is 2.05. The molecule has 0 radical (unpaired) electrons. The van der Waals surface area contributed by atoms with Crippen LogP contribution >= 0.6 is 34.8 Å². The summed E-state index contributed by atoms with van der Waals surface area (Å²) in [6.07, 6.45) is 7.12. The lowest BCUT2D eigenvalue weighted by Crippen LogP contribution is -2.34. The Bertz CT molecular complexity index is 866. The Balaban J connectivity index is 1.71. The third-order valence-electron chi connectivity index (χ3n) is 4.52. The molecule has 0 fully saturated rings. The minimum absolute atomic E-state index is 0.386. The first-order chi connectivity index (χ1) is 12.9. The standard InChI is InChI=1S/C21H21Cl3N2O/c1-21(14-26-11-10-25-15-26,27-13-16-2-5-18(22)6-3-16)9-8-17-4-7-19(23)12-20(17)24/h2-7,10-12,15H,8-9,13-14H2,1H3. The van der Waals surface area contributed by atoms with Crippen molar-refractivity contribution in [2.24, 2.45) is 0 Å². The Labute approximate surface area is 174 Å². The maximum atomic E-state index is 6.35. The molecule has 27 heavy (non-hydrogen) atoms. The molecule has 0 aliphatic carbocycles. The Hall–Kier alpha value is -1.52. The van der Waals surface area contributed by atoms with Crippen molar-refractivity contribution in [3.8, 4) is 0 Å². The predicted molar refractivity (Wildman–Crippen MR) is 112 cm³/mol. The van der Waals surface area contributed by atoms with Crippen LogP contribution in [0.1, 0.15) is 24.5 Å². The second-order valence-corrected chi connectivity index (χ2v) is 8.12. The Morgan fingerprint density at radius 2 is 1.78 bits per heavy atom. The van der Waals surface area contributed by atoms with Crippen LogP contribution in [0.5, 0.6) is 0 Å². The molecule has 1 unspecified atom stereocenters. The van der Waals surface area contributed by atoms with Gasteiger partial charge >= 0.3 is 0 Å². The molecular weight excluding hydrogens is 403 g/mol. The van der Waals surface area contributed by atoms with Crippen LogP contribution in [-0.2, 0) is 24.3 Å². The summed E-state index contributed by atoms with van der Waals surface area (Å²) in [5.74, 6) is 0. The van der Waals surface area contributed by atoms with E-state index >= 15 is 0 Å². The van der Waals surface area contributed by atoms with E-state index in [9.17, 15) is 0 Å². The zero-order chi connectivity index (χ0) is 19.3. The maximum Gasteiger partial charge on any atom is 0.0946 e. The molecule has 3 rings (SSSR count). The summed E-state index contributed by atoms with van der Waals surface area (Å²) in [6.45, 7) is 3.33. The average molecular weight is 424 g/mol. The molecule has 0 N–H and O–H groups in total. The van der Waals surface area contributed by atoms with Crippen molar-refractivity contribution in [2.45, 2.75) is 38.5 Å². The van der Waals surface area contributed by atoms with Crippen molar-refractivity contribution < 1.29 is 4.74 Å². The summed E-state index contributed by atoms with van der Waals surface area (Å²) >= 11 is 18.3. The van der Waals surface area contributed by atoms with Crippen LogP contribution in [0, 0.1) is 0 Å². The van der Waals surface area contributed by atoms with E-state index in [1.807, 2.05) is 47.2 Å². The molecule has 142 valence electrons. The molecular formula is C21H21Cl3N2O. The molecule has 2 aromatic carbocycles. The first kappa shape index (κ1) is 20.2. The lowest BCUT2D eigenvalue weighted by atomic mass is 9.96. The van der Waals surface area contributed by atoms with Crippen molar-refractivity contribution in [1.29, 1.82) is 0 Å². The first-order valence-electron chi connectivity index (χ1n) is 8.72. The third-order valence-corrected chi connectivity index (χ3v) is 5.35. The predicted octanol–water partition coefficient (Wildman–Crippen LogP) is 6.45. The van der Waals surface area contributed by atoms with Gasteiger partial charge in [-0.25, -0.2) is 4.98 Å². The van der Waals surface area contributed by atoms with E-state index in [2.05, 4.69) is 11.9 Å². The van der Waals surface area contributed by atoms with Gasteiger partial charge in [-0.1, -0.05) is 53.0 Å². The first-order valence-corrected chi connectivity index (χ1v) is 9.85. The van der Waals surface area contributed by atoms with Crippen molar-refractivity contribution in [1.82, 2.24) is 9.55 Å². The smallest absolute Gasteiger partial charge is 0.0946 e. The van der Waals surface area contributed by atoms with Crippen LogP contribution < -0.4 is 0 Å². The number of ether oxygens (including phenoxy) is 1. The van der Waals surface area contributed by atoms with Gasteiger partial charge in [-0.15, -0.1) is 0 Å². The van der Waals surface area contributed by atoms with Crippen LogP contribution in [0.4, 0.5) is 0 Å². The average Bonchev–Trinajstić information content (AvgIpc) is 3.13. The van der Waals surface area contributed by atoms with E-state index < -0.39 is 0 Å². The monoisotopic (exact) mass is 422 g/mol. The van der Waals surface area contributed by atoms with E-state index in [4.69, 9.17) is 39.5 Å². The van der Waals surface area contributed by atoms with E-state index in [0.29, 0.717) is 23.2 Å². The molecule has 0 bridgehead atoms. The lowest BCUT2D eigenvalue weighted by molar-refractivity contribution is -0.0602. The zero-order valence-electron chi connectivity index (χ0n) is 15.0. The summed E-state index contributed by atoms with van der Waals surface area (Å²) in [4.78, 5) is 4.13. The summed E-state index contributed by atoms with van der Waals surface area (Å²) in [7, 11) is 0. The molecule has 0 saturated carbocycles. The van der Waals surface area contributed by atoms with Crippen LogP contribution in [-0.4, -0.2) is 15.2 Å². The number of imidazole rings is 1. The molecule has 3 aromatic rings. The fourth-order valence-electron chi connectivity index (χ4n) is 2.93. The lowest BCUT2D eigenvalue weighted by Gasteiger charge is -2.31. The second kappa shape index (κ2) is 9.11. The van der Waals surface area contributed by atoms with Gasteiger partial charge in [0.2, 0.25) is 0 Å². The van der Waals surface area contributed by atoms with Crippen LogP contribution in [0.15, 0.2) is 61.2 Å². The highest BCUT2D eigenvalue weighted by Crippen LogP contribution is 2.27. The quantitative estimate of drug-likeness (QED) is 0.416. The van der Waals surface area contributed by atoms with Gasteiger partial charge in [0.1, 0.15) is 0 Å².